The summed E-state index contributed by atoms with van der Waals surface area (Å²) in [7, 11) is 0. The van der Waals surface area contributed by atoms with Gasteiger partial charge in [0.15, 0.2) is 5.96 Å². The number of benzene rings is 1. The topological polar surface area (TPSA) is 78.7 Å². The number of amides is 1. The van der Waals surface area contributed by atoms with Crippen molar-refractivity contribution in [1.82, 2.24) is 16.0 Å². The molecular formula is C21H29IN4O2. The third-order valence-electron chi connectivity index (χ3n) is 4.53. The summed E-state index contributed by atoms with van der Waals surface area (Å²) in [5.74, 6) is 2.06. The Morgan fingerprint density at radius 1 is 1.14 bits per heavy atom. The number of guanidine groups is 1. The Labute approximate surface area is 183 Å². The third-order valence-corrected chi connectivity index (χ3v) is 4.53. The van der Waals surface area contributed by atoms with Gasteiger partial charge in [0.2, 0.25) is 5.91 Å². The number of rotatable bonds is 9. The van der Waals surface area contributed by atoms with Gasteiger partial charge in [-0.3, -0.25) is 9.79 Å². The second-order valence-corrected chi connectivity index (χ2v) is 6.83. The third kappa shape index (κ3) is 7.53. The van der Waals surface area contributed by atoms with Gasteiger partial charge in [-0.1, -0.05) is 30.3 Å². The van der Waals surface area contributed by atoms with E-state index in [0.717, 1.165) is 31.0 Å². The van der Waals surface area contributed by atoms with Crippen LogP contribution in [-0.4, -0.2) is 31.5 Å². The first-order valence-corrected chi connectivity index (χ1v) is 9.62. The zero-order chi connectivity index (χ0) is 18.9. The second kappa shape index (κ2) is 11.7. The van der Waals surface area contributed by atoms with Gasteiger partial charge in [-0.2, -0.15) is 0 Å². The van der Waals surface area contributed by atoms with Crippen LogP contribution in [-0.2, 0) is 11.2 Å². The summed E-state index contributed by atoms with van der Waals surface area (Å²) < 4.78 is 5.36. The summed E-state index contributed by atoms with van der Waals surface area (Å²) in [5.41, 5.74) is 1.19. The maximum atomic E-state index is 11.7. The Balaban J connectivity index is 0.00000280. The molecule has 1 aromatic heterocycles. The average molecular weight is 496 g/mol. The highest BCUT2D eigenvalue weighted by atomic mass is 127. The molecule has 2 aromatic rings. The molecule has 3 rings (SSSR count). The molecule has 1 fully saturated rings. The van der Waals surface area contributed by atoms with Gasteiger partial charge in [0.1, 0.15) is 5.76 Å². The van der Waals surface area contributed by atoms with Crippen LogP contribution in [0, 0.1) is 5.92 Å². The molecule has 0 saturated heterocycles. The highest BCUT2D eigenvalue weighted by molar-refractivity contribution is 14.0. The highest BCUT2D eigenvalue weighted by Crippen LogP contribution is 2.28. The Morgan fingerprint density at radius 3 is 2.57 bits per heavy atom. The lowest BCUT2D eigenvalue weighted by Gasteiger charge is -2.19. The van der Waals surface area contributed by atoms with Crippen molar-refractivity contribution in [3.63, 3.8) is 0 Å². The van der Waals surface area contributed by atoms with E-state index >= 15 is 0 Å². The molecule has 7 heteroatoms. The largest absolute Gasteiger partial charge is 0.469 e. The van der Waals surface area contributed by atoms with E-state index < -0.39 is 0 Å². The van der Waals surface area contributed by atoms with Crippen molar-refractivity contribution in [3.8, 4) is 0 Å². The molecule has 1 atom stereocenters. The summed E-state index contributed by atoms with van der Waals surface area (Å²) in [4.78, 5) is 16.4. The zero-order valence-electron chi connectivity index (χ0n) is 16.2. The summed E-state index contributed by atoms with van der Waals surface area (Å²) in [6.07, 6.45) is 4.47. The van der Waals surface area contributed by atoms with Crippen LogP contribution in [0.5, 0.6) is 0 Å². The standard InChI is InChI=1S/C21H28N4O2.HI/c1-16(17-6-3-2-4-7-17)25-21(23-12-11-19-8-5-15-27-19)24-14-13-22-20(26)18-9-10-18;/h2-8,15-16,18H,9-14H2,1H3,(H,22,26)(H2,23,24,25);1H. The van der Waals surface area contributed by atoms with E-state index in [2.05, 4.69) is 40.0 Å². The first-order valence-electron chi connectivity index (χ1n) is 9.62. The molecular weight excluding hydrogens is 467 g/mol. The number of hydrogen-bond donors (Lipinski definition) is 3. The Bertz CT molecular complexity index is 730. The number of aliphatic imine (C=N–C) groups is 1. The molecule has 0 spiro atoms. The van der Waals surface area contributed by atoms with Gasteiger partial charge in [0.25, 0.3) is 0 Å². The minimum Gasteiger partial charge on any atom is -0.469 e. The quantitative estimate of drug-likeness (QED) is 0.216. The minimum absolute atomic E-state index is 0. The second-order valence-electron chi connectivity index (χ2n) is 6.83. The molecule has 1 aliphatic rings. The van der Waals surface area contributed by atoms with Crippen LogP contribution in [0.15, 0.2) is 58.1 Å². The first kappa shape index (κ1) is 22.3. The number of hydrogen-bond acceptors (Lipinski definition) is 3. The lowest BCUT2D eigenvalue weighted by atomic mass is 10.1. The smallest absolute Gasteiger partial charge is 0.223 e. The lowest BCUT2D eigenvalue weighted by molar-refractivity contribution is -0.122. The fourth-order valence-electron chi connectivity index (χ4n) is 2.77. The minimum atomic E-state index is 0. The Hall–Kier alpha value is -2.03. The number of nitrogens with zero attached hydrogens (tertiary/aromatic N) is 1. The number of carbonyl (C=O) groups is 1. The van der Waals surface area contributed by atoms with Crippen molar-refractivity contribution < 1.29 is 9.21 Å². The first-order chi connectivity index (χ1) is 13.2. The molecule has 1 heterocycles. The van der Waals surface area contributed by atoms with Crippen LogP contribution in [0.3, 0.4) is 0 Å². The van der Waals surface area contributed by atoms with E-state index in [1.165, 1.54) is 5.56 Å². The molecule has 28 heavy (non-hydrogen) atoms. The van der Waals surface area contributed by atoms with Crippen LogP contribution in [0.1, 0.15) is 37.1 Å². The van der Waals surface area contributed by atoms with E-state index in [9.17, 15) is 4.79 Å². The van der Waals surface area contributed by atoms with Crippen molar-refractivity contribution >= 4 is 35.8 Å². The highest BCUT2D eigenvalue weighted by Gasteiger charge is 2.28. The Morgan fingerprint density at radius 2 is 1.89 bits per heavy atom. The number of carbonyl (C=O) groups excluding carboxylic acids is 1. The molecule has 3 N–H and O–H groups in total. The summed E-state index contributed by atoms with van der Waals surface area (Å²) >= 11 is 0. The van der Waals surface area contributed by atoms with Gasteiger partial charge in [0.05, 0.1) is 12.3 Å². The molecule has 0 radical (unpaired) electrons. The van der Waals surface area contributed by atoms with Crippen LogP contribution in [0.2, 0.25) is 0 Å². The van der Waals surface area contributed by atoms with Crippen molar-refractivity contribution in [1.29, 1.82) is 0 Å². The van der Waals surface area contributed by atoms with Crippen LogP contribution >= 0.6 is 24.0 Å². The Kier molecular flexibility index (Phi) is 9.33. The number of halogens is 1. The molecule has 1 amide bonds. The predicted octanol–water partition coefficient (Wildman–Crippen LogP) is 3.26. The lowest BCUT2D eigenvalue weighted by Crippen LogP contribution is -2.42. The van der Waals surface area contributed by atoms with Gasteiger partial charge in [-0.15, -0.1) is 24.0 Å². The maximum absolute atomic E-state index is 11.7. The van der Waals surface area contributed by atoms with Crippen LogP contribution in [0.4, 0.5) is 0 Å². The molecule has 0 bridgehead atoms. The van der Waals surface area contributed by atoms with Crippen molar-refractivity contribution in [3.05, 3.63) is 60.1 Å². The molecule has 152 valence electrons. The zero-order valence-corrected chi connectivity index (χ0v) is 18.5. The fraction of sp³-hybridized carbons (Fsp3) is 0.429. The molecule has 1 aliphatic carbocycles. The van der Waals surface area contributed by atoms with Crippen molar-refractivity contribution in [2.24, 2.45) is 10.9 Å². The average Bonchev–Trinajstić information content (AvgIpc) is 3.42. The maximum Gasteiger partial charge on any atom is 0.223 e. The van der Waals surface area contributed by atoms with Crippen LogP contribution < -0.4 is 16.0 Å². The van der Waals surface area contributed by atoms with E-state index in [0.29, 0.717) is 19.6 Å². The van der Waals surface area contributed by atoms with Crippen molar-refractivity contribution in [2.75, 3.05) is 19.6 Å². The number of nitrogens with one attached hydrogen (secondary N) is 3. The van der Waals surface area contributed by atoms with Crippen molar-refractivity contribution in [2.45, 2.75) is 32.2 Å². The molecule has 1 unspecified atom stereocenters. The fourth-order valence-corrected chi connectivity index (χ4v) is 2.77. The van der Waals surface area contributed by atoms with E-state index in [4.69, 9.17) is 4.42 Å². The SMILES string of the molecule is CC(NC(=NCCc1ccco1)NCCNC(=O)C1CC1)c1ccccc1.I. The summed E-state index contributed by atoms with van der Waals surface area (Å²) in [6.45, 7) is 3.95. The van der Waals surface area contributed by atoms with E-state index in [-0.39, 0.29) is 41.8 Å². The normalized spacial score (nSPS) is 14.7. The summed E-state index contributed by atoms with van der Waals surface area (Å²) in [6, 6.07) is 14.2. The number of furan rings is 1. The predicted molar refractivity (Wildman–Crippen MR) is 122 cm³/mol. The van der Waals surface area contributed by atoms with Gasteiger partial charge in [0, 0.05) is 32.0 Å². The summed E-state index contributed by atoms with van der Waals surface area (Å²) in [5, 5.41) is 9.71. The van der Waals surface area contributed by atoms with E-state index in [1.54, 1.807) is 6.26 Å². The molecule has 1 aromatic carbocycles. The van der Waals surface area contributed by atoms with Gasteiger partial charge in [-0.05, 0) is 37.5 Å². The van der Waals surface area contributed by atoms with E-state index in [1.807, 2.05) is 30.3 Å². The van der Waals surface area contributed by atoms with Crippen LogP contribution in [0.25, 0.3) is 0 Å². The monoisotopic (exact) mass is 496 g/mol. The van der Waals surface area contributed by atoms with Gasteiger partial charge in [-0.25, -0.2) is 0 Å². The van der Waals surface area contributed by atoms with Gasteiger partial charge >= 0.3 is 0 Å². The van der Waals surface area contributed by atoms with Gasteiger partial charge < -0.3 is 20.4 Å². The molecule has 0 aliphatic heterocycles. The molecule has 1 saturated carbocycles. The molecule has 6 nitrogen and oxygen atoms in total.